The highest BCUT2D eigenvalue weighted by molar-refractivity contribution is 6.16. The Bertz CT molecular complexity index is 1310. The number of furan rings is 1. The molecule has 0 N–H and O–H groups in total. The first-order valence-electron chi connectivity index (χ1n) is 9.21. The Balaban J connectivity index is 1.97. The van der Waals surface area contributed by atoms with Crippen LogP contribution in [0.15, 0.2) is 65.1 Å². The minimum absolute atomic E-state index is 0.0452. The highest BCUT2D eigenvalue weighted by Gasteiger charge is 2.23. The SMILES string of the molecule is Cc1ccc2c(oc3cc4ccc5ccccc5c4cc32)c1C(C)(C)C. The van der Waals surface area contributed by atoms with Crippen molar-refractivity contribution in [1.82, 2.24) is 0 Å². The number of fused-ring (bicyclic) bond motifs is 6. The van der Waals surface area contributed by atoms with Gasteiger partial charge in [-0.1, -0.05) is 69.3 Å². The summed E-state index contributed by atoms with van der Waals surface area (Å²) in [6.45, 7) is 8.95. The van der Waals surface area contributed by atoms with Crippen LogP contribution in [0.2, 0.25) is 0 Å². The Morgan fingerprint density at radius 2 is 1.46 bits per heavy atom. The Morgan fingerprint density at radius 3 is 2.27 bits per heavy atom. The largest absolute Gasteiger partial charge is 0.456 e. The molecule has 0 fully saturated rings. The Morgan fingerprint density at radius 1 is 0.692 bits per heavy atom. The van der Waals surface area contributed by atoms with Crippen molar-refractivity contribution in [1.29, 1.82) is 0 Å². The summed E-state index contributed by atoms with van der Waals surface area (Å²) >= 11 is 0. The fourth-order valence-electron chi connectivity index (χ4n) is 4.37. The number of hydrogen-bond acceptors (Lipinski definition) is 1. The summed E-state index contributed by atoms with van der Waals surface area (Å²) in [6.07, 6.45) is 0. The molecule has 0 bridgehead atoms. The van der Waals surface area contributed by atoms with Crippen LogP contribution in [-0.2, 0) is 5.41 Å². The average Bonchev–Trinajstić information content (AvgIpc) is 2.95. The summed E-state index contributed by atoms with van der Waals surface area (Å²) < 4.78 is 6.41. The van der Waals surface area contributed by atoms with Gasteiger partial charge in [0.25, 0.3) is 0 Å². The van der Waals surface area contributed by atoms with Crippen molar-refractivity contribution in [3.05, 3.63) is 71.8 Å². The fourth-order valence-corrected chi connectivity index (χ4v) is 4.37. The van der Waals surface area contributed by atoms with E-state index >= 15 is 0 Å². The van der Waals surface area contributed by atoms with Crippen LogP contribution in [0.25, 0.3) is 43.5 Å². The van der Waals surface area contributed by atoms with Gasteiger partial charge in [-0.25, -0.2) is 0 Å². The molecule has 0 radical (unpaired) electrons. The molecule has 0 aliphatic heterocycles. The molecule has 5 rings (SSSR count). The first kappa shape index (κ1) is 15.5. The molecule has 0 amide bonds. The molecule has 0 unspecified atom stereocenters. The van der Waals surface area contributed by atoms with E-state index in [2.05, 4.69) is 88.4 Å². The maximum atomic E-state index is 6.41. The van der Waals surface area contributed by atoms with Crippen LogP contribution in [0.3, 0.4) is 0 Å². The van der Waals surface area contributed by atoms with E-state index in [4.69, 9.17) is 4.42 Å². The third-order valence-corrected chi connectivity index (χ3v) is 5.46. The van der Waals surface area contributed by atoms with Gasteiger partial charge < -0.3 is 4.42 Å². The van der Waals surface area contributed by atoms with E-state index in [1.807, 2.05) is 0 Å². The standard InChI is InChI=1S/C25H22O/c1-15-9-12-19-21-14-20-17(11-10-16-7-5-6-8-18(16)20)13-22(21)26-24(19)23(15)25(2,3)4/h5-14H,1-4H3. The van der Waals surface area contributed by atoms with Crippen LogP contribution in [0.4, 0.5) is 0 Å². The van der Waals surface area contributed by atoms with E-state index < -0.39 is 0 Å². The average molecular weight is 338 g/mol. The smallest absolute Gasteiger partial charge is 0.139 e. The minimum atomic E-state index is 0.0452. The summed E-state index contributed by atoms with van der Waals surface area (Å²) in [5.41, 5.74) is 4.65. The predicted octanol–water partition coefficient (Wildman–Crippen LogP) is 7.50. The van der Waals surface area contributed by atoms with Gasteiger partial charge >= 0.3 is 0 Å². The first-order valence-corrected chi connectivity index (χ1v) is 9.21. The van der Waals surface area contributed by atoms with Crippen LogP contribution in [0, 0.1) is 6.92 Å². The van der Waals surface area contributed by atoms with Gasteiger partial charge in [0.1, 0.15) is 11.2 Å². The molecule has 4 aromatic carbocycles. The van der Waals surface area contributed by atoms with Crippen molar-refractivity contribution in [2.75, 3.05) is 0 Å². The first-order chi connectivity index (χ1) is 12.4. The van der Waals surface area contributed by atoms with Gasteiger partial charge in [-0.3, -0.25) is 0 Å². The number of rotatable bonds is 0. The van der Waals surface area contributed by atoms with Gasteiger partial charge in [0, 0.05) is 16.3 Å². The number of benzene rings is 4. The summed E-state index contributed by atoms with van der Waals surface area (Å²) in [6, 6.07) is 21.9. The van der Waals surface area contributed by atoms with E-state index in [1.54, 1.807) is 0 Å². The molecule has 0 spiro atoms. The molecule has 1 heteroatoms. The van der Waals surface area contributed by atoms with Crippen molar-refractivity contribution in [2.24, 2.45) is 0 Å². The van der Waals surface area contributed by atoms with Crippen LogP contribution in [0.1, 0.15) is 31.9 Å². The summed E-state index contributed by atoms with van der Waals surface area (Å²) in [4.78, 5) is 0. The predicted molar refractivity (Wildman–Crippen MR) is 112 cm³/mol. The molecule has 0 aliphatic carbocycles. The molecule has 1 aromatic heterocycles. The van der Waals surface area contributed by atoms with Gasteiger partial charge in [0.2, 0.25) is 0 Å². The molecule has 0 saturated carbocycles. The Kier molecular flexibility index (Phi) is 3.04. The summed E-state index contributed by atoms with van der Waals surface area (Å²) in [5, 5.41) is 7.50. The molecule has 5 aromatic rings. The van der Waals surface area contributed by atoms with E-state index in [9.17, 15) is 0 Å². The van der Waals surface area contributed by atoms with Crippen molar-refractivity contribution >= 4 is 43.5 Å². The van der Waals surface area contributed by atoms with Crippen molar-refractivity contribution in [3.8, 4) is 0 Å². The molecule has 0 aliphatic rings. The molecule has 1 nitrogen and oxygen atoms in total. The summed E-state index contributed by atoms with van der Waals surface area (Å²) in [5.74, 6) is 0. The monoisotopic (exact) mass is 338 g/mol. The number of hydrogen-bond donors (Lipinski definition) is 0. The number of aryl methyl sites for hydroxylation is 1. The second-order valence-electron chi connectivity index (χ2n) is 8.34. The normalized spacial score (nSPS) is 12.6. The van der Waals surface area contributed by atoms with Gasteiger partial charge in [0.15, 0.2) is 0 Å². The maximum Gasteiger partial charge on any atom is 0.139 e. The summed E-state index contributed by atoms with van der Waals surface area (Å²) in [7, 11) is 0. The molecule has 26 heavy (non-hydrogen) atoms. The van der Waals surface area contributed by atoms with Crippen molar-refractivity contribution in [3.63, 3.8) is 0 Å². The third kappa shape index (κ3) is 2.10. The second-order valence-corrected chi connectivity index (χ2v) is 8.34. The van der Waals surface area contributed by atoms with E-state index in [1.165, 1.54) is 43.4 Å². The maximum absolute atomic E-state index is 6.41. The van der Waals surface area contributed by atoms with E-state index in [-0.39, 0.29) is 5.41 Å². The zero-order chi connectivity index (χ0) is 18.1. The zero-order valence-electron chi connectivity index (χ0n) is 15.7. The lowest BCUT2D eigenvalue weighted by atomic mass is 9.83. The van der Waals surface area contributed by atoms with Crippen LogP contribution >= 0.6 is 0 Å². The van der Waals surface area contributed by atoms with Gasteiger partial charge in [-0.15, -0.1) is 0 Å². The van der Waals surface area contributed by atoms with Crippen molar-refractivity contribution in [2.45, 2.75) is 33.1 Å². The molecule has 0 saturated heterocycles. The quantitative estimate of drug-likeness (QED) is 0.266. The topological polar surface area (TPSA) is 13.1 Å². The van der Waals surface area contributed by atoms with Gasteiger partial charge in [0.05, 0.1) is 0 Å². The van der Waals surface area contributed by atoms with Crippen molar-refractivity contribution < 1.29 is 4.42 Å². The lowest BCUT2D eigenvalue weighted by Crippen LogP contribution is -2.13. The van der Waals surface area contributed by atoms with E-state index in [0.717, 1.165) is 11.2 Å². The molecule has 1 heterocycles. The molecular formula is C25H22O. The van der Waals surface area contributed by atoms with Crippen LogP contribution in [0.5, 0.6) is 0 Å². The van der Waals surface area contributed by atoms with Gasteiger partial charge in [-0.2, -0.15) is 0 Å². The fraction of sp³-hybridized carbons (Fsp3) is 0.200. The van der Waals surface area contributed by atoms with Gasteiger partial charge in [-0.05, 0) is 51.6 Å². The molecular weight excluding hydrogens is 316 g/mol. The minimum Gasteiger partial charge on any atom is -0.456 e. The lowest BCUT2D eigenvalue weighted by Gasteiger charge is -2.21. The van der Waals surface area contributed by atoms with Crippen LogP contribution in [-0.4, -0.2) is 0 Å². The Hall–Kier alpha value is -2.80. The second kappa shape index (κ2) is 5.11. The zero-order valence-corrected chi connectivity index (χ0v) is 15.7. The lowest BCUT2D eigenvalue weighted by molar-refractivity contribution is 0.569. The molecule has 128 valence electrons. The third-order valence-electron chi connectivity index (χ3n) is 5.46. The molecule has 0 atom stereocenters. The highest BCUT2D eigenvalue weighted by atomic mass is 16.3. The highest BCUT2D eigenvalue weighted by Crippen LogP contribution is 2.40. The van der Waals surface area contributed by atoms with E-state index in [0.29, 0.717) is 0 Å². The van der Waals surface area contributed by atoms with Crippen LogP contribution < -0.4 is 0 Å². The Labute approximate surface area is 153 Å².